The van der Waals surface area contributed by atoms with Crippen molar-refractivity contribution in [1.82, 2.24) is 5.32 Å². The van der Waals surface area contributed by atoms with Crippen LogP contribution in [0.25, 0.3) is 0 Å². The average Bonchev–Trinajstić information content (AvgIpc) is 2.86. The van der Waals surface area contributed by atoms with Crippen molar-refractivity contribution >= 4 is 11.9 Å². The molecule has 1 heterocycles. The predicted molar refractivity (Wildman–Crippen MR) is 91.0 cm³/mol. The van der Waals surface area contributed by atoms with E-state index in [9.17, 15) is 9.59 Å². The SMILES string of the molecule is CCOC(=O)[C@@H](CCOC(C)(C)C)NC(=O)c1oc(CC)cc1C. The lowest BCUT2D eigenvalue weighted by molar-refractivity contribution is -0.146. The molecule has 0 saturated carbocycles. The molecule has 0 unspecified atom stereocenters. The summed E-state index contributed by atoms with van der Waals surface area (Å²) in [5.74, 6) is 0.0867. The number of hydrogen-bond acceptors (Lipinski definition) is 5. The topological polar surface area (TPSA) is 77.8 Å². The first-order chi connectivity index (χ1) is 11.2. The van der Waals surface area contributed by atoms with Crippen molar-refractivity contribution in [3.05, 3.63) is 23.2 Å². The van der Waals surface area contributed by atoms with E-state index in [2.05, 4.69) is 5.32 Å². The van der Waals surface area contributed by atoms with Gasteiger partial charge in [0, 0.05) is 25.0 Å². The molecule has 0 radical (unpaired) electrons. The highest BCUT2D eigenvalue weighted by molar-refractivity contribution is 5.95. The van der Waals surface area contributed by atoms with Crippen LogP contribution in [0, 0.1) is 6.92 Å². The Morgan fingerprint density at radius 3 is 2.46 bits per heavy atom. The van der Waals surface area contributed by atoms with Gasteiger partial charge in [-0.05, 0) is 40.7 Å². The van der Waals surface area contributed by atoms with E-state index >= 15 is 0 Å². The van der Waals surface area contributed by atoms with Gasteiger partial charge in [-0.25, -0.2) is 4.79 Å². The normalized spacial score (nSPS) is 12.8. The van der Waals surface area contributed by atoms with Crippen molar-refractivity contribution in [2.24, 2.45) is 0 Å². The van der Waals surface area contributed by atoms with E-state index in [1.165, 1.54) is 0 Å². The molecule has 0 aliphatic heterocycles. The molecule has 136 valence electrons. The smallest absolute Gasteiger partial charge is 0.328 e. The van der Waals surface area contributed by atoms with Crippen LogP contribution in [0.5, 0.6) is 0 Å². The second-order valence-corrected chi connectivity index (χ2v) is 6.61. The fourth-order valence-electron chi connectivity index (χ4n) is 2.15. The summed E-state index contributed by atoms with van der Waals surface area (Å²) in [7, 11) is 0. The summed E-state index contributed by atoms with van der Waals surface area (Å²) in [6.45, 7) is 11.9. The molecule has 1 rings (SSSR count). The Bertz CT molecular complexity index is 556. The van der Waals surface area contributed by atoms with Crippen LogP contribution < -0.4 is 5.32 Å². The van der Waals surface area contributed by atoms with Gasteiger partial charge in [-0.1, -0.05) is 6.92 Å². The first-order valence-electron chi connectivity index (χ1n) is 8.38. The number of nitrogens with one attached hydrogen (secondary N) is 1. The lowest BCUT2D eigenvalue weighted by Crippen LogP contribution is -2.43. The largest absolute Gasteiger partial charge is 0.464 e. The molecule has 1 N–H and O–H groups in total. The van der Waals surface area contributed by atoms with Crippen LogP contribution in [0.4, 0.5) is 0 Å². The highest BCUT2D eigenvalue weighted by Gasteiger charge is 2.26. The highest BCUT2D eigenvalue weighted by Crippen LogP contribution is 2.16. The Hall–Kier alpha value is -1.82. The molecular weight excluding hydrogens is 310 g/mol. The zero-order valence-corrected chi connectivity index (χ0v) is 15.5. The molecule has 6 heteroatoms. The number of aryl methyl sites for hydroxylation is 2. The number of furan rings is 1. The van der Waals surface area contributed by atoms with Gasteiger partial charge < -0.3 is 19.2 Å². The lowest BCUT2D eigenvalue weighted by atomic mass is 10.1. The lowest BCUT2D eigenvalue weighted by Gasteiger charge is -2.22. The average molecular weight is 339 g/mol. The minimum absolute atomic E-state index is 0.234. The summed E-state index contributed by atoms with van der Waals surface area (Å²) in [5.41, 5.74) is 0.439. The number of carbonyl (C=O) groups is 2. The fourth-order valence-corrected chi connectivity index (χ4v) is 2.15. The summed E-state index contributed by atoms with van der Waals surface area (Å²) in [6, 6.07) is 1.06. The molecule has 1 aromatic rings. The van der Waals surface area contributed by atoms with Gasteiger partial charge in [0.2, 0.25) is 0 Å². The minimum atomic E-state index is -0.769. The molecule has 0 aromatic carbocycles. The zero-order chi connectivity index (χ0) is 18.3. The molecule has 0 fully saturated rings. The molecule has 0 aliphatic carbocycles. The quantitative estimate of drug-likeness (QED) is 0.737. The van der Waals surface area contributed by atoms with Gasteiger partial charge in [0.1, 0.15) is 11.8 Å². The molecule has 6 nitrogen and oxygen atoms in total. The molecule has 0 bridgehead atoms. The van der Waals surface area contributed by atoms with Gasteiger partial charge >= 0.3 is 5.97 Å². The second-order valence-electron chi connectivity index (χ2n) is 6.61. The summed E-state index contributed by atoms with van der Waals surface area (Å²) < 4.78 is 16.2. The Morgan fingerprint density at radius 1 is 1.29 bits per heavy atom. The molecule has 0 spiro atoms. The van der Waals surface area contributed by atoms with E-state index in [0.717, 1.165) is 11.3 Å². The number of carbonyl (C=O) groups excluding carboxylic acids is 2. The van der Waals surface area contributed by atoms with Crippen LogP contribution in [0.1, 0.15) is 62.9 Å². The summed E-state index contributed by atoms with van der Waals surface area (Å²) in [6.07, 6.45) is 1.04. The van der Waals surface area contributed by atoms with Crippen LogP contribution in [-0.2, 0) is 20.7 Å². The van der Waals surface area contributed by atoms with Crippen molar-refractivity contribution in [3.63, 3.8) is 0 Å². The zero-order valence-electron chi connectivity index (χ0n) is 15.5. The molecule has 1 amide bonds. The van der Waals surface area contributed by atoms with E-state index in [1.54, 1.807) is 13.8 Å². The maximum atomic E-state index is 12.4. The third-order valence-corrected chi connectivity index (χ3v) is 3.34. The molecule has 0 aliphatic rings. The summed E-state index contributed by atoms with van der Waals surface area (Å²) in [5, 5.41) is 2.70. The minimum Gasteiger partial charge on any atom is -0.464 e. The molecular formula is C18H29NO5. The summed E-state index contributed by atoms with van der Waals surface area (Å²) in [4.78, 5) is 24.5. The van der Waals surface area contributed by atoms with Crippen LogP contribution in [0.15, 0.2) is 10.5 Å². The molecule has 0 saturated heterocycles. The number of ether oxygens (including phenoxy) is 2. The second kappa shape index (κ2) is 8.87. The van der Waals surface area contributed by atoms with Crippen molar-refractivity contribution in [2.45, 2.75) is 66.0 Å². The Kier molecular flexibility index (Phi) is 7.48. The predicted octanol–water partition coefficient (Wildman–Crippen LogP) is 3.02. The number of rotatable bonds is 8. The van der Waals surface area contributed by atoms with E-state index in [4.69, 9.17) is 13.9 Å². The Labute approximate surface area is 143 Å². The molecule has 1 aromatic heterocycles. The van der Waals surface area contributed by atoms with Gasteiger partial charge in [-0.15, -0.1) is 0 Å². The van der Waals surface area contributed by atoms with E-state index in [0.29, 0.717) is 19.4 Å². The van der Waals surface area contributed by atoms with Crippen LogP contribution in [0.2, 0.25) is 0 Å². The highest BCUT2D eigenvalue weighted by atomic mass is 16.5. The third-order valence-electron chi connectivity index (χ3n) is 3.34. The maximum absolute atomic E-state index is 12.4. The molecule has 24 heavy (non-hydrogen) atoms. The first kappa shape index (κ1) is 20.2. The van der Waals surface area contributed by atoms with Crippen LogP contribution in [-0.4, -0.2) is 36.7 Å². The number of amides is 1. The monoisotopic (exact) mass is 339 g/mol. The van der Waals surface area contributed by atoms with Crippen LogP contribution >= 0.6 is 0 Å². The van der Waals surface area contributed by atoms with E-state index in [-0.39, 0.29) is 18.0 Å². The van der Waals surface area contributed by atoms with E-state index in [1.807, 2.05) is 33.8 Å². The van der Waals surface area contributed by atoms with Crippen molar-refractivity contribution < 1.29 is 23.5 Å². The number of esters is 1. The van der Waals surface area contributed by atoms with Gasteiger partial charge in [0.15, 0.2) is 5.76 Å². The standard InChI is InChI=1S/C18H29NO5/c1-7-13-11-12(3)15(24-13)16(20)19-14(17(21)22-8-2)9-10-23-18(4,5)6/h11,14H,7-10H2,1-6H3,(H,19,20)/t14-/m1/s1. The van der Waals surface area contributed by atoms with Crippen molar-refractivity contribution in [3.8, 4) is 0 Å². The van der Waals surface area contributed by atoms with Crippen LogP contribution in [0.3, 0.4) is 0 Å². The van der Waals surface area contributed by atoms with Crippen molar-refractivity contribution in [1.29, 1.82) is 0 Å². The van der Waals surface area contributed by atoms with Gasteiger partial charge in [0.05, 0.1) is 12.2 Å². The molecule has 1 atom stereocenters. The Balaban J connectivity index is 2.77. The van der Waals surface area contributed by atoms with Crippen molar-refractivity contribution in [2.75, 3.05) is 13.2 Å². The maximum Gasteiger partial charge on any atom is 0.328 e. The van der Waals surface area contributed by atoms with Gasteiger partial charge in [-0.3, -0.25) is 4.79 Å². The first-order valence-corrected chi connectivity index (χ1v) is 8.38. The Morgan fingerprint density at radius 2 is 1.96 bits per heavy atom. The van der Waals surface area contributed by atoms with Gasteiger partial charge in [0.25, 0.3) is 5.91 Å². The van der Waals surface area contributed by atoms with Gasteiger partial charge in [-0.2, -0.15) is 0 Å². The van der Waals surface area contributed by atoms with E-state index < -0.39 is 17.9 Å². The fraction of sp³-hybridized carbons (Fsp3) is 0.667. The summed E-state index contributed by atoms with van der Waals surface area (Å²) >= 11 is 0. The third kappa shape index (κ3) is 6.35. The number of hydrogen-bond donors (Lipinski definition) is 1.